The molecule has 0 saturated heterocycles. The zero-order valence-corrected chi connectivity index (χ0v) is 17.2. The lowest BCUT2D eigenvalue weighted by atomic mass is 10.2. The number of carbonyl (C=O) groups is 3. The van der Waals surface area contributed by atoms with E-state index in [1.54, 1.807) is 24.3 Å². The summed E-state index contributed by atoms with van der Waals surface area (Å²) >= 11 is 9.18. The highest BCUT2D eigenvalue weighted by atomic mass is 79.9. The van der Waals surface area contributed by atoms with E-state index in [1.165, 1.54) is 30.1 Å². The summed E-state index contributed by atoms with van der Waals surface area (Å²) in [5, 5.41) is 2.61. The van der Waals surface area contributed by atoms with E-state index in [-0.39, 0.29) is 23.7 Å². The largest absolute Gasteiger partial charge is 0.454 e. The zero-order chi connectivity index (χ0) is 20.7. The lowest BCUT2D eigenvalue weighted by Gasteiger charge is -2.18. The van der Waals surface area contributed by atoms with Gasteiger partial charge in [0.05, 0.1) is 0 Å². The number of nitrogens with one attached hydrogen (secondary N) is 1. The second-order valence-electron chi connectivity index (χ2n) is 5.80. The van der Waals surface area contributed by atoms with E-state index in [4.69, 9.17) is 16.3 Å². The van der Waals surface area contributed by atoms with Crippen molar-refractivity contribution in [2.24, 2.45) is 0 Å². The van der Waals surface area contributed by atoms with Gasteiger partial charge in [-0.1, -0.05) is 39.7 Å². The number of carbonyl (C=O) groups excluding carboxylic acids is 3. The fourth-order valence-electron chi connectivity index (χ4n) is 2.20. The van der Waals surface area contributed by atoms with E-state index in [0.29, 0.717) is 5.56 Å². The molecule has 6 nitrogen and oxygen atoms in total. The molecule has 0 aliphatic carbocycles. The average molecular weight is 472 g/mol. The summed E-state index contributed by atoms with van der Waals surface area (Å²) in [6, 6.07) is 10.9. The van der Waals surface area contributed by atoms with Crippen molar-refractivity contribution in [2.75, 3.05) is 20.2 Å². The number of ether oxygens (including phenoxy) is 1. The van der Waals surface area contributed by atoms with Crippen LogP contribution in [0.25, 0.3) is 0 Å². The number of esters is 1. The van der Waals surface area contributed by atoms with Crippen molar-refractivity contribution in [3.63, 3.8) is 0 Å². The number of amides is 2. The van der Waals surface area contributed by atoms with Crippen LogP contribution in [0.2, 0.25) is 5.02 Å². The monoisotopic (exact) mass is 470 g/mol. The first-order valence-electron chi connectivity index (χ1n) is 8.14. The van der Waals surface area contributed by atoms with E-state index in [1.807, 2.05) is 0 Å². The Bertz CT molecular complexity index is 874. The van der Waals surface area contributed by atoms with Crippen LogP contribution in [0.15, 0.2) is 46.9 Å². The normalized spacial score (nSPS) is 10.3. The van der Waals surface area contributed by atoms with E-state index in [9.17, 15) is 18.8 Å². The highest BCUT2D eigenvalue weighted by Gasteiger charge is 2.16. The number of nitrogens with zero attached hydrogens (tertiary/aromatic N) is 1. The molecule has 28 heavy (non-hydrogen) atoms. The van der Waals surface area contributed by atoms with Gasteiger partial charge in [-0.05, 0) is 30.3 Å². The smallest absolute Gasteiger partial charge is 0.325 e. The third kappa shape index (κ3) is 6.31. The molecule has 0 spiro atoms. The van der Waals surface area contributed by atoms with E-state index in [2.05, 4.69) is 21.2 Å². The quantitative estimate of drug-likeness (QED) is 0.630. The van der Waals surface area contributed by atoms with Crippen LogP contribution < -0.4 is 5.32 Å². The van der Waals surface area contributed by atoms with Crippen LogP contribution in [0.5, 0.6) is 0 Å². The van der Waals surface area contributed by atoms with Gasteiger partial charge in [-0.15, -0.1) is 0 Å². The summed E-state index contributed by atoms with van der Waals surface area (Å²) in [6.07, 6.45) is 0. The van der Waals surface area contributed by atoms with Crippen molar-refractivity contribution in [3.05, 3.63) is 68.9 Å². The molecular weight excluding hydrogens is 455 g/mol. The summed E-state index contributed by atoms with van der Waals surface area (Å²) in [4.78, 5) is 36.9. The maximum atomic E-state index is 13.8. The lowest BCUT2D eigenvalue weighted by Crippen LogP contribution is -2.34. The Kier molecular flexibility index (Phi) is 7.95. The van der Waals surface area contributed by atoms with E-state index >= 15 is 0 Å². The van der Waals surface area contributed by atoms with Gasteiger partial charge in [-0.25, -0.2) is 4.39 Å². The minimum Gasteiger partial charge on any atom is -0.454 e. The van der Waals surface area contributed by atoms with Gasteiger partial charge < -0.3 is 15.0 Å². The van der Waals surface area contributed by atoms with Crippen LogP contribution in [0.4, 0.5) is 4.39 Å². The van der Waals surface area contributed by atoms with E-state index < -0.39 is 30.2 Å². The molecule has 2 amide bonds. The van der Waals surface area contributed by atoms with Crippen molar-refractivity contribution < 1.29 is 23.5 Å². The highest BCUT2D eigenvalue weighted by molar-refractivity contribution is 9.10. The first kappa shape index (κ1) is 21.8. The molecule has 0 heterocycles. The zero-order valence-electron chi connectivity index (χ0n) is 14.9. The first-order valence-corrected chi connectivity index (χ1v) is 9.31. The van der Waals surface area contributed by atoms with Crippen molar-refractivity contribution in [2.45, 2.75) is 6.54 Å². The highest BCUT2D eigenvalue weighted by Crippen LogP contribution is 2.20. The van der Waals surface area contributed by atoms with Gasteiger partial charge in [0.2, 0.25) is 0 Å². The molecule has 0 fully saturated rings. The first-order chi connectivity index (χ1) is 13.3. The van der Waals surface area contributed by atoms with Crippen molar-refractivity contribution in [1.29, 1.82) is 0 Å². The fraction of sp³-hybridized carbons (Fsp3) is 0.211. The SMILES string of the molecule is CN(Cc1c(F)cccc1Cl)C(=O)COC(=O)CNC(=O)c1cccc(Br)c1. The number of hydrogen-bond donors (Lipinski definition) is 1. The summed E-state index contributed by atoms with van der Waals surface area (Å²) in [7, 11) is 1.44. The van der Waals surface area contributed by atoms with Crippen molar-refractivity contribution in [3.8, 4) is 0 Å². The number of hydrogen-bond acceptors (Lipinski definition) is 4. The van der Waals surface area contributed by atoms with Gasteiger partial charge in [0.25, 0.3) is 11.8 Å². The Morgan fingerprint density at radius 1 is 1.21 bits per heavy atom. The summed E-state index contributed by atoms with van der Waals surface area (Å²) < 4.78 is 19.4. The lowest BCUT2D eigenvalue weighted by molar-refractivity contribution is -0.150. The van der Waals surface area contributed by atoms with Crippen LogP contribution in [-0.2, 0) is 20.9 Å². The standard InChI is InChI=1S/C19H17BrClFN2O4/c1-24(10-14-15(21)6-3-7-16(14)22)17(25)11-28-18(26)9-23-19(27)12-4-2-5-13(20)8-12/h2-8H,9-11H2,1H3,(H,23,27). The van der Waals surface area contributed by atoms with Gasteiger partial charge in [0.1, 0.15) is 12.4 Å². The fourth-order valence-corrected chi connectivity index (χ4v) is 2.82. The summed E-state index contributed by atoms with van der Waals surface area (Å²) in [5.41, 5.74) is 0.548. The van der Waals surface area contributed by atoms with Crippen LogP contribution in [0.3, 0.4) is 0 Å². The molecule has 0 aliphatic rings. The van der Waals surface area contributed by atoms with Gasteiger partial charge in [0, 0.05) is 34.2 Å². The molecule has 0 unspecified atom stereocenters. The third-order valence-electron chi connectivity index (χ3n) is 3.72. The number of likely N-dealkylation sites (N-methyl/N-ethyl adjacent to an activating group) is 1. The summed E-state index contributed by atoms with van der Waals surface area (Å²) in [5.74, 6) is -2.28. The Balaban J connectivity index is 1.78. The molecule has 2 rings (SSSR count). The molecule has 1 N–H and O–H groups in total. The van der Waals surface area contributed by atoms with Crippen molar-refractivity contribution in [1.82, 2.24) is 10.2 Å². The molecule has 2 aromatic carbocycles. The molecule has 0 aliphatic heterocycles. The minimum absolute atomic E-state index is 0.0679. The Hall–Kier alpha value is -2.45. The van der Waals surface area contributed by atoms with Crippen LogP contribution >= 0.6 is 27.5 Å². The predicted octanol–water partition coefficient (Wildman–Crippen LogP) is 3.17. The molecule has 0 saturated carbocycles. The third-order valence-corrected chi connectivity index (χ3v) is 4.57. The Labute approximate surface area is 174 Å². The van der Waals surface area contributed by atoms with Crippen LogP contribution in [0.1, 0.15) is 15.9 Å². The molecule has 9 heteroatoms. The minimum atomic E-state index is -0.769. The number of benzene rings is 2. The van der Waals surface area contributed by atoms with Gasteiger partial charge in [-0.2, -0.15) is 0 Å². The average Bonchev–Trinajstić information content (AvgIpc) is 2.66. The molecule has 0 aromatic heterocycles. The molecule has 0 radical (unpaired) electrons. The topological polar surface area (TPSA) is 75.7 Å². The Morgan fingerprint density at radius 2 is 1.93 bits per heavy atom. The van der Waals surface area contributed by atoms with Crippen LogP contribution in [0, 0.1) is 5.82 Å². The Morgan fingerprint density at radius 3 is 2.61 bits per heavy atom. The summed E-state index contributed by atoms with van der Waals surface area (Å²) in [6.45, 7) is -0.989. The molecule has 0 bridgehead atoms. The molecular formula is C19H17BrClFN2O4. The molecule has 0 atom stereocenters. The molecule has 2 aromatic rings. The second kappa shape index (κ2) is 10.2. The van der Waals surface area contributed by atoms with Gasteiger partial charge in [-0.3, -0.25) is 14.4 Å². The van der Waals surface area contributed by atoms with E-state index in [0.717, 1.165) is 4.47 Å². The van der Waals surface area contributed by atoms with Crippen LogP contribution in [-0.4, -0.2) is 42.9 Å². The van der Waals surface area contributed by atoms with Gasteiger partial charge in [0.15, 0.2) is 6.61 Å². The maximum absolute atomic E-state index is 13.8. The molecule has 148 valence electrons. The van der Waals surface area contributed by atoms with Gasteiger partial charge >= 0.3 is 5.97 Å². The number of halogens is 3. The predicted molar refractivity (Wildman–Crippen MR) is 105 cm³/mol. The second-order valence-corrected chi connectivity index (χ2v) is 7.13. The maximum Gasteiger partial charge on any atom is 0.325 e. The van der Waals surface area contributed by atoms with Crippen molar-refractivity contribution >= 4 is 45.3 Å². The number of rotatable bonds is 7.